The number of aromatic nitrogens is 1. The van der Waals surface area contributed by atoms with Crippen LogP contribution in [0.25, 0.3) is 0 Å². The lowest BCUT2D eigenvalue weighted by atomic mass is 10.2. The van der Waals surface area contributed by atoms with Gasteiger partial charge in [0.1, 0.15) is 0 Å². The Morgan fingerprint density at radius 3 is 2.91 bits per heavy atom. The quantitative estimate of drug-likeness (QED) is 0.673. The number of rotatable bonds is 3. The molecule has 1 aromatic heterocycles. The molecule has 0 saturated carbocycles. The fourth-order valence-corrected chi connectivity index (χ4v) is 2.99. The third kappa shape index (κ3) is 2.20. The van der Waals surface area contributed by atoms with Crippen molar-refractivity contribution in [3.8, 4) is 0 Å². The summed E-state index contributed by atoms with van der Waals surface area (Å²) in [6.07, 6.45) is 0. The monoisotopic (exact) mass is 187 g/mol. The number of nitrogens with zero attached hydrogens (tertiary/aromatic N) is 1. The second-order valence-corrected chi connectivity index (χ2v) is 5.00. The molecular weight excluding hydrogens is 174 g/mol. The summed E-state index contributed by atoms with van der Waals surface area (Å²) in [5, 5.41) is 0. The predicted molar refractivity (Wildman–Crippen MR) is 52.6 cm³/mol. The van der Waals surface area contributed by atoms with Crippen LogP contribution in [0.15, 0.2) is 9.72 Å². The zero-order chi connectivity index (χ0) is 8.27. The second kappa shape index (κ2) is 4.12. The van der Waals surface area contributed by atoms with Crippen molar-refractivity contribution in [2.45, 2.75) is 30.9 Å². The Morgan fingerprint density at radius 1 is 1.64 bits per heavy atom. The molecule has 0 aliphatic rings. The molecule has 0 N–H and O–H groups in total. The van der Waals surface area contributed by atoms with Crippen LogP contribution in [0.5, 0.6) is 0 Å². The van der Waals surface area contributed by atoms with Gasteiger partial charge in [-0.2, -0.15) is 0 Å². The lowest BCUT2D eigenvalue weighted by Crippen LogP contribution is -1.88. The van der Waals surface area contributed by atoms with Crippen LogP contribution in [0.3, 0.4) is 0 Å². The molecular formula is C8H13NS2. The van der Waals surface area contributed by atoms with E-state index in [1.807, 2.05) is 17.3 Å². The van der Waals surface area contributed by atoms with E-state index >= 15 is 0 Å². The molecule has 0 aromatic carbocycles. The summed E-state index contributed by atoms with van der Waals surface area (Å²) >= 11 is 3.65. The molecule has 0 radical (unpaired) electrons. The van der Waals surface area contributed by atoms with E-state index in [1.165, 1.54) is 9.90 Å². The maximum atomic E-state index is 4.33. The maximum absolute atomic E-state index is 4.33. The Bertz CT molecular complexity index is 218. The van der Waals surface area contributed by atoms with E-state index in [-0.39, 0.29) is 0 Å². The highest BCUT2D eigenvalue weighted by Gasteiger charge is 2.08. The van der Waals surface area contributed by atoms with Crippen molar-refractivity contribution >= 4 is 23.1 Å². The van der Waals surface area contributed by atoms with Gasteiger partial charge >= 0.3 is 0 Å². The van der Waals surface area contributed by atoms with Crippen LogP contribution in [0, 0.1) is 0 Å². The second-order valence-electron chi connectivity index (χ2n) is 2.61. The third-order valence-corrected chi connectivity index (χ3v) is 3.42. The molecule has 0 bridgehead atoms. The molecule has 62 valence electrons. The molecule has 1 nitrogen and oxygen atoms in total. The van der Waals surface area contributed by atoms with Crippen molar-refractivity contribution < 1.29 is 0 Å². The summed E-state index contributed by atoms with van der Waals surface area (Å²) in [4.78, 5) is 4.33. The summed E-state index contributed by atoms with van der Waals surface area (Å²) in [7, 11) is 0. The van der Waals surface area contributed by atoms with E-state index in [4.69, 9.17) is 0 Å². The summed E-state index contributed by atoms with van der Waals surface area (Å²) in [6, 6.07) is 0. The van der Waals surface area contributed by atoms with Crippen molar-refractivity contribution in [2.75, 3.05) is 5.75 Å². The summed E-state index contributed by atoms with van der Waals surface area (Å²) in [5.41, 5.74) is 3.20. The normalized spacial score (nSPS) is 10.9. The van der Waals surface area contributed by atoms with Gasteiger partial charge in [0.2, 0.25) is 0 Å². The van der Waals surface area contributed by atoms with Crippen LogP contribution < -0.4 is 0 Å². The predicted octanol–water partition coefficient (Wildman–Crippen LogP) is 3.38. The highest BCUT2D eigenvalue weighted by Crippen LogP contribution is 2.30. The third-order valence-electron chi connectivity index (χ3n) is 1.38. The van der Waals surface area contributed by atoms with Crippen LogP contribution >= 0.6 is 23.1 Å². The Hall–Kier alpha value is -0.0200. The lowest BCUT2D eigenvalue weighted by molar-refractivity contribution is 0.813. The van der Waals surface area contributed by atoms with E-state index in [0.29, 0.717) is 5.92 Å². The first kappa shape index (κ1) is 9.07. The molecule has 0 aliphatic carbocycles. The van der Waals surface area contributed by atoms with Crippen molar-refractivity contribution in [2.24, 2.45) is 0 Å². The molecule has 0 spiro atoms. The van der Waals surface area contributed by atoms with Gasteiger partial charge in [0.05, 0.1) is 15.4 Å². The van der Waals surface area contributed by atoms with Gasteiger partial charge in [-0.25, -0.2) is 4.98 Å². The van der Waals surface area contributed by atoms with Crippen LogP contribution in [0.2, 0.25) is 0 Å². The van der Waals surface area contributed by atoms with Crippen molar-refractivity contribution in [3.05, 3.63) is 11.2 Å². The lowest BCUT2D eigenvalue weighted by Gasteiger charge is -2.02. The number of hydrogen-bond donors (Lipinski definition) is 0. The molecule has 1 rings (SSSR count). The number of thioether (sulfide) groups is 1. The average molecular weight is 187 g/mol. The van der Waals surface area contributed by atoms with Gasteiger partial charge < -0.3 is 0 Å². The molecule has 11 heavy (non-hydrogen) atoms. The Balaban J connectivity index is 2.78. The molecule has 0 amide bonds. The first-order valence-electron chi connectivity index (χ1n) is 3.81. The SMILES string of the molecule is CCSc1scnc1C(C)C. The van der Waals surface area contributed by atoms with Gasteiger partial charge in [-0.3, -0.25) is 0 Å². The molecule has 0 unspecified atom stereocenters. The van der Waals surface area contributed by atoms with Gasteiger partial charge in [0, 0.05) is 0 Å². The van der Waals surface area contributed by atoms with Crippen molar-refractivity contribution in [3.63, 3.8) is 0 Å². The Labute approximate surface area is 76.2 Å². The summed E-state index contributed by atoms with van der Waals surface area (Å²) in [6.45, 7) is 6.55. The van der Waals surface area contributed by atoms with Gasteiger partial charge in [-0.15, -0.1) is 23.1 Å². The Kier molecular flexibility index (Phi) is 3.40. The van der Waals surface area contributed by atoms with Gasteiger partial charge in [0.25, 0.3) is 0 Å². The van der Waals surface area contributed by atoms with Crippen LogP contribution in [0.1, 0.15) is 32.4 Å². The van der Waals surface area contributed by atoms with Crippen LogP contribution in [-0.4, -0.2) is 10.7 Å². The van der Waals surface area contributed by atoms with Gasteiger partial charge in [-0.1, -0.05) is 20.8 Å². The average Bonchev–Trinajstić information content (AvgIpc) is 2.36. The standard InChI is InChI=1S/C8H13NS2/c1-4-10-8-7(6(2)3)9-5-11-8/h5-6H,4H2,1-3H3. The zero-order valence-electron chi connectivity index (χ0n) is 7.13. The molecule has 3 heteroatoms. The largest absolute Gasteiger partial charge is 0.248 e. The maximum Gasteiger partial charge on any atom is 0.0832 e. The van der Waals surface area contributed by atoms with Crippen molar-refractivity contribution in [1.82, 2.24) is 4.98 Å². The minimum Gasteiger partial charge on any atom is -0.248 e. The van der Waals surface area contributed by atoms with Crippen LogP contribution in [-0.2, 0) is 0 Å². The minimum atomic E-state index is 0.565. The van der Waals surface area contributed by atoms with Gasteiger partial charge in [0.15, 0.2) is 0 Å². The van der Waals surface area contributed by atoms with E-state index in [1.54, 1.807) is 11.3 Å². The first-order chi connectivity index (χ1) is 5.25. The van der Waals surface area contributed by atoms with E-state index in [9.17, 15) is 0 Å². The highest BCUT2D eigenvalue weighted by atomic mass is 32.2. The fourth-order valence-electron chi connectivity index (χ4n) is 0.868. The van der Waals surface area contributed by atoms with E-state index in [0.717, 1.165) is 5.75 Å². The highest BCUT2D eigenvalue weighted by molar-refractivity contribution is 8.01. The van der Waals surface area contributed by atoms with E-state index in [2.05, 4.69) is 25.8 Å². The zero-order valence-corrected chi connectivity index (χ0v) is 8.76. The topological polar surface area (TPSA) is 12.9 Å². The summed E-state index contributed by atoms with van der Waals surface area (Å²) in [5.74, 6) is 1.71. The summed E-state index contributed by atoms with van der Waals surface area (Å²) < 4.78 is 1.39. The van der Waals surface area contributed by atoms with Gasteiger partial charge in [-0.05, 0) is 11.7 Å². The molecule has 0 saturated heterocycles. The molecule has 0 aliphatic heterocycles. The molecule has 0 fully saturated rings. The van der Waals surface area contributed by atoms with E-state index < -0.39 is 0 Å². The van der Waals surface area contributed by atoms with Crippen molar-refractivity contribution in [1.29, 1.82) is 0 Å². The smallest absolute Gasteiger partial charge is 0.0832 e. The molecule has 0 atom stereocenters. The Morgan fingerprint density at radius 2 is 2.36 bits per heavy atom. The van der Waals surface area contributed by atoms with Crippen LogP contribution in [0.4, 0.5) is 0 Å². The number of thiazole rings is 1. The first-order valence-corrected chi connectivity index (χ1v) is 5.68. The molecule has 1 heterocycles. The number of hydrogen-bond acceptors (Lipinski definition) is 3. The molecule has 1 aromatic rings. The fraction of sp³-hybridized carbons (Fsp3) is 0.625. The minimum absolute atomic E-state index is 0.565.